The summed E-state index contributed by atoms with van der Waals surface area (Å²) < 4.78 is 0. The lowest BCUT2D eigenvalue weighted by Crippen LogP contribution is -2.24. The molecule has 0 aromatic heterocycles. The summed E-state index contributed by atoms with van der Waals surface area (Å²) >= 11 is 0. The van der Waals surface area contributed by atoms with Crippen molar-refractivity contribution in [2.24, 2.45) is 5.16 Å². The molecule has 0 saturated carbocycles. The van der Waals surface area contributed by atoms with Crippen LogP contribution in [-0.2, 0) is 9.73 Å². The van der Waals surface area contributed by atoms with E-state index in [4.69, 9.17) is 0 Å². The van der Waals surface area contributed by atoms with E-state index in [0.717, 1.165) is 0 Å². The Labute approximate surface area is 45.8 Å². The first kappa shape index (κ1) is 4.87. The number of hydrogen-bond acceptors (Lipinski definition) is 3. The number of nitrogens with zero attached hydrogens (tertiary/aromatic N) is 1. The standard InChI is InChI=1S/C4H4N2O2/c1-3-2-5-8-6-4(3)7/h1H3,(H,6,7). The zero-order valence-electron chi connectivity index (χ0n) is 4.26. The van der Waals surface area contributed by atoms with Gasteiger partial charge in [-0.05, 0) is 12.1 Å². The fourth-order valence-corrected chi connectivity index (χ4v) is 0.283. The maximum absolute atomic E-state index is 10.4. The fraction of sp³-hybridized carbons (Fsp3) is 0.250. The Balaban J connectivity index is 2.91. The second kappa shape index (κ2) is 1.68. The van der Waals surface area contributed by atoms with Crippen LogP contribution in [0.3, 0.4) is 0 Å². The Morgan fingerprint density at radius 1 is 1.88 bits per heavy atom. The summed E-state index contributed by atoms with van der Waals surface area (Å²) in [4.78, 5) is 14.5. The molecule has 4 heteroatoms. The molecule has 0 radical (unpaired) electrons. The molecule has 0 fully saturated rings. The predicted octanol–water partition coefficient (Wildman–Crippen LogP) is -0.421. The highest BCUT2D eigenvalue weighted by molar-refractivity contribution is 6.00. The lowest BCUT2D eigenvalue weighted by Gasteiger charge is -2.00. The van der Waals surface area contributed by atoms with Gasteiger partial charge in [0.15, 0.2) is 0 Å². The van der Waals surface area contributed by atoms with Crippen molar-refractivity contribution in [3.63, 3.8) is 0 Å². The van der Waals surface area contributed by atoms with Gasteiger partial charge in [0.1, 0.15) is 0 Å². The first-order chi connectivity index (χ1) is 3.80. The van der Waals surface area contributed by atoms with Crippen LogP contribution in [0.4, 0.5) is 0 Å². The van der Waals surface area contributed by atoms with Gasteiger partial charge in [0.25, 0.3) is 5.91 Å². The number of hydrogen-bond donors (Lipinski definition) is 1. The molecule has 0 spiro atoms. The van der Waals surface area contributed by atoms with Crippen LogP contribution in [0.15, 0.2) is 10.7 Å². The number of carbonyl (C=O) groups is 1. The van der Waals surface area contributed by atoms with E-state index in [1.165, 1.54) is 0 Å². The van der Waals surface area contributed by atoms with E-state index in [0.29, 0.717) is 5.57 Å². The van der Waals surface area contributed by atoms with Crippen LogP contribution in [-0.4, -0.2) is 11.8 Å². The van der Waals surface area contributed by atoms with E-state index in [-0.39, 0.29) is 5.91 Å². The summed E-state index contributed by atoms with van der Waals surface area (Å²) in [6, 6.07) is 0. The van der Waals surface area contributed by atoms with Crippen molar-refractivity contribution in [2.45, 2.75) is 6.92 Å². The topological polar surface area (TPSA) is 50.7 Å². The molecule has 0 aromatic carbocycles. The van der Waals surface area contributed by atoms with Crippen LogP contribution in [0.25, 0.3) is 0 Å². The van der Waals surface area contributed by atoms with Gasteiger partial charge >= 0.3 is 0 Å². The van der Waals surface area contributed by atoms with Crippen molar-refractivity contribution in [3.05, 3.63) is 5.57 Å². The summed E-state index contributed by atoms with van der Waals surface area (Å²) in [5.74, 6) is 2.05. The van der Waals surface area contributed by atoms with Crippen LogP contribution < -0.4 is 5.48 Å². The molecule has 1 rings (SSSR count). The number of rotatable bonds is 0. The third-order valence-electron chi connectivity index (χ3n) is 0.738. The van der Waals surface area contributed by atoms with Gasteiger partial charge in [-0.15, -0.1) is 0 Å². The molecular formula is C4H4N2O2. The van der Waals surface area contributed by atoms with E-state index >= 15 is 0 Å². The highest BCUT2D eigenvalue weighted by Crippen LogP contribution is 1.88. The summed E-state index contributed by atoms with van der Waals surface area (Å²) in [7, 11) is 0. The molecule has 0 aliphatic carbocycles. The van der Waals surface area contributed by atoms with Crippen LogP contribution in [0.1, 0.15) is 6.92 Å². The van der Waals surface area contributed by atoms with E-state index in [2.05, 4.69) is 16.0 Å². The fourth-order valence-electron chi connectivity index (χ4n) is 0.283. The molecule has 4 nitrogen and oxygen atoms in total. The normalized spacial score (nSPS) is 16.6. The Morgan fingerprint density at radius 2 is 2.62 bits per heavy atom. The van der Waals surface area contributed by atoms with Crippen LogP contribution in [0.2, 0.25) is 0 Å². The van der Waals surface area contributed by atoms with Crippen molar-refractivity contribution in [1.29, 1.82) is 0 Å². The predicted molar refractivity (Wildman–Crippen MR) is 25.8 cm³/mol. The van der Waals surface area contributed by atoms with Crippen molar-refractivity contribution < 1.29 is 9.73 Å². The first-order valence-corrected chi connectivity index (χ1v) is 2.06. The third kappa shape index (κ3) is 0.691. The van der Waals surface area contributed by atoms with Crippen LogP contribution in [0, 0.1) is 0 Å². The zero-order chi connectivity index (χ0) is 5.98. The minimum Gasteiger partial charge on any atom is -0.266 e. The van der Waals surface area contributed by atoms with Gasteiger partial charge in [0, 0.05) is 5.87 Å². The van der Waals surface area contributed by atoms with Crippen molar-refractivity contribution in [2.75, 3.05) is 0 Å². The van der Waals surface area contributed by atoms with Crippen molar-refractivity contribution in [1.82, 2.24) is 5.48 Å². The zero-order valence-corrected chi connectivity index (χ0v) is 4.26. The second-order valence-corrected chi connectivity index (χ2v) is 1.35. The van der Waals surface area contributed by atoms with E-state index < -0.39 is 0 Å². The molecule has 1 heterocycles. The molecule has 8 heavy (non-hydrogen) atoms. The molecular weight excluding hydrogens is 108 g/mol. The van der Waals surface area contributed by atoms with Crippen molar-refractivity contribution in [3.8, 4) is 0 Å². The number of hydroxylamine groups is 1. The van der Waals surface area contributed by atoms with Gasteiger partial charge in [-0.3, -0.25) is 9.73 Å². The minimum atomic E-state index is -0.292. The highest BCUT2D eigenvalue weighted by Gasteiger charge is 2.05. The molecule has 0 bridgehead atoms. The quantitative estimate of drug-likeness (QED) is 0.462. The average molecular weight is 112 g/mol. The van der Waals surface area contributed by atoms with Gasteiger partial charge in [-0.1, -0.05) is 0 Å². The summed E-state index contributed by atoms with van der Waals surface area (Å²) in [6.07, 6.45) is 0. The average Bonchev–Trinajstić information content (AvgIpc) is 1.77. The smallest absolute Gasteiger partial charge is 0.266 e. The van der Waals surface area contributed by atoms with E-state index in [1.54, 1.807) is 6.92 Å². The SMILES string of the molecule is CC1=C=NONC1=O. The molecule has 0 saturated heterocycles. The lowest BCUT2D eigenvalue weighted by atomic mass is 10.3. The lowest BCUT2D eigenvalue weighted by molar-refractivity contribution is -0.130. The molecule has 1 N–H and O–H groups in total. The Hall–Kier alpha value is -1.28. The monoisotopic (exact) mass is 112 g/mol. The molecule has 1 amide bonds. The summed E-state index contributed by atoms with van der Waals surface area (Å²) in [5.41, 5.74) is 2.45. The van der Waals surface area contributed by atoms with E-state index in [1.807, 2.05) is 5.48 Å². The second-order valence-electron chi connectivity index (χ2n) is 1.35. The molecule has 42 valence electrons. The third-order valence-corrected chi connectivity index (χ3v) is 0.738. The van der Waals surface area contributed by atoms with Gasteiger partial charge in [0.2, 0.25) is 0 Å². The maximum Gasteiger partial charge on any atom is 0.291 e. The largest absolute Gasteiger partial charge is 0.291 e. The van der Waals surface area contributed by atoms with Gasteiger partial charge in [-0.25, -0.2) is 0 Å². The molecule has 1 aliphatic rings. The number of amides is 1. The Bertz CT molecular complexity index is 178. The molecule has 0 unspecified atom stereocenters. The first-order valence-electron chi connectivity index (χ1n) is 2.06. The maximum atomic E-state index is 10.4. The summed E-state index contributed by atoms with van der Waals surface area (Å²) in [6.45, 7) is 1.60. The van der Waals surface area contributed by atoms with E-state index in [9.17, 15) is 4.79 Å². The molecule has 0 atom stereocenters. The van der Waals surface area contributed by atoms with Gasteiger partial charge in [0.05, 0.1) is 5.57 Å². The van der Waals surface area contributed by atoms with Crippen molar-refractivity contribution >= 4 is 11.8 Å². The minimum absolute atomic E-state index is 0.292. The highest BCUT2D eigenvalue weighted by atomic mass is 16.8. The molecule has 0 aromatic rings. The number of nitrogens with one attached hydrogen (secondary N) is 1. The van der Waals surface area contributed by atoms with Crippen LogP contribution in [0.5, 0.6) is 0 Å². The summed E-state index contributed by atoms with van der Waals surface area (Å²) in [5, 5.41) is 3.19. The Morgan fingerprint density at radius 3 is 3.00 bits per heavy atom. The number of carbonyl (C=O) groups excluding carboxylic acids is 1. The molecule has 1 aliphatic heterocycles. The van der Waals surface area contributed by atoms with Gasteiger partial charge < -0.3 is 0 Å². The Kier molecular flexibility index (Phi) is 1.02. The van der Waals surface area contributed by atoms with Crippen LogP contribution >= 0.6 is 0 Å². The van der Waals surface area contributed by atoms with Gasteiger partial charge in [-0.2, -0.15) is 5.48 Å².